The fourth-order valence-corrected chi connectivity index (χ4v) is 6.11. The van der Waals surface area contributed by atoms with E-state index in [1.807, 2.05) is 6.92 Å². The van der Waals surface area contributed by atoms with Crippen molar-refractivity contribution >= 4 is 29.5 Å². The molecular weight excluding hydrogens is 358 g/mol. The lowest BCUT2D eigenvalue weighted by molar-refractivity contribution is -0.163. The molecule has 4 heterocycles. The summed E-state index contributed by atoms with van der Waals surface area (Å²) in [5, 5.41) is 26.0. The molecule has 7 atom stereocenters. The minimum atomic E-state index is -1.09. The van der Waals surface area contributed by atoms with Crippen molar-refractivity contribution in [2.75, 3.05) is 6.54 Å². The maximum absolute atomic E-state index is 12.4. The van der Waals surface area contributed by atoms with Gasteiger partial charge in [-0.1, -0.05) is 6.92 Å². The molecule has 9 heteroatoms. The fourth-order valence-electron chi connectivity index (χ4n) is 4.62. The first kappa shape index (κ1) is 17.8. The second-order valence-corrected chi connectivity index (χ2v) is 8.98. The molecule has 4 rings (SSSR count). The van der Waals surface area contributed by atoms with Crippen LogP contribution >= 0.6 is 11.8 Å². The van der Waals surface area contributed by atoms with Crippen molar-refractivity contribution in [1.29, 1.82) is 0 Å². The minimum absolute atomic E-state index is 0.0697. The number of hydrogen-bond donors (Lipinski definition) is 4. The number of carbonyl (C=O) groups is 3. The quantitative estimate of drug-likeness (QED) is 0.474. The first-order valence-electron chi connectivity index (χ1n) is 8.97. The lowest BCUT2D eigenvalue weighted by Crippen LogP contribution is -2.63. The Labute approximate surface area is 155 Å². The summed E-state index contributed by atoms with van der Waals surface area (Å²) in [7, 11) is 0. The molecule has 2 amide bonds. The number of thioether (sulfide) groups is 1. The van der Waals surface area contributed by atoms with E-state index in [2.05, 4.69) is 10.6 Å². The van der Waals surface area contributed by atoms with E-state index in [4.69, 9.17) is 0 Å². The Bertz CT molecular complexity index is 701. The molecule has 142 valence electrons. The number of fused-ring (bicyclic) bond motifs is 1. The van der Waals surface area contributed by atoms with E-state index in [9.17, 15) is 24.6 Å². The van der Waals surface area contributed by atoms with E-state index in [0.29, 0.717) is 6.42 Å². The lowest BCUT2D eigenvalue weighted by Gasteiger charge is -2.46. The highest BCUT2D eigenvalue weighted by Gasteiger charge is 2.60. The van der Waals surface area contributed by atoms with Gasteiger partial charge in [-0.25, -0.2) is 4.79 Å². The predicted molar refractivity (Wildman–Crippen MR) is 94.0 cm³/mol. The smallest absolute Gasteiger partial charge is 0.353 e. The monoisotopic (exact) mass is 381 g/mol. The van der Waals surface area contributed by atoms with Gasteiger partial charge in [0.05, 0.1) is 24.1 Å². The van der Waals surface area contributed by atoms with Gasteiger partial charge in [0.25, 0.3) is 0 Å². The summed E-state index contributed by atoms with van der Waals surface area (Å²) in [6.07, 6.45) is 0.594. The van der Waals surface area contributed by atoms with Gasteiger partial charge in [0, 0.05) is 35.1 Å². The van der Waals surface area contributed by atoms with Crippen molar-refractivity contribution in [3.05, 3.63) is 10.6 Å². The first-order valence-corrected chi connectivity index (χ1v) is 9.85. The topological polar surface area (TPSA) is 119 Å². The van der Waals surface area contributed by atoms with Crippen molar-refractivity contribution in [2.24, 2.45) is 11.8 Å². The van der Waals surface area contributed by atoms with Crippen molar-refractivity contribution in [2.45, 2.75) is 56.2 Å². The zero-order valence-corrected chi connectivity index (χ0v) is 15.5. The van der Waals surface area contributed by atoms with Crippen LogP contribution in [0.3, 0.4) is 0 Å². The summed E-state index contributed by atoms with van der Waals surface area (Å²) in [5.74, 6) is -1.96. The van der Waals surface area contributed by atoms with E-state index < -0.39 is 18.0 Å². The zero-order chi connectivity index (χ0) is 18.7. The Morgan fingerprint density at radius 1 is 1.35 bits per heavy atom. The van der Waals surface area contributed by atoms with E-state index in [-0.39, 0.29) is 46.8 Å². The van der Waals surface area contributed by atoms with Crippen molar-refractivity contribution < 1.29 is 24.6 Å². The van der Waals surface area contributed by atoms with E-state index in [1.54, 1.807) is 6.92 Å². The number of aliphatic hydroxyl groups is 1. The maximum atomic E-state index is 12.4. The van der Waals surface area contributed by atoms with Crippen LogP contribution in [-0.4, -0.2) is 68.9 Å². The maximum Gasteiger partial charge on any atom is 0.353 e. The Kier molecular flexibility index (Phi) is 4.28. The highest BCUT2D eigenvalue weighted by molar-refractivity contribution is 8.03. The number of nitrogens with one attached hydrogen (secondary N) is 2. The molecule has 8 nitrogen and oxygen atoms in total. The van der Waals surface area contributed by atoms with E-state index in [0.717, 1.165) is 17.9 Å². The third-order valence-electron chi connectivity index (χ3n) is 5.97. The van der Waals surface area contributed by atoms with Gasteiger partial charge >= 0.3 is 5.97 Å². The molecular formula is C17H23N3O5S. The van der Waals surface area contributed by atoms with Crippen LogP contribution in [0.5, 0.6) is 0 Å². The Balaban J connectivity index is 1.49. The molecule has 26 heavy (non-hydrogen) atoms. The molecule has 0 aromatic carbocycles. The molecule has 0 aromatic rings. The molecule has 0 bridgehead atoms. The molecule has 4 N–H and O–H groups in total. The van der Waals surface area contributed by atoms with Crippen LogP contribution in [0.1, 0.15) is 26.7 Å². The highest BCUT2D eigenvalue weighted by atomic mass is 32.2. The van der Waals surface area contributed by atoms with Gasteiger partial charge in [0.1, 0.15) is 5.70 Å². The average Bonchev–Trinajstić information content (AvgIpc) is 3.07. The number of carboxylic acids is 1. The second kappa shape index (κ2) is 6.24. The van der Waals surface area contributed by atoms with E-state index >= 15 is 0 Å². The third-order valence-corrected chi connectivity index (χ3v) is 7.48. The Hall–Kier alpha value is -1.58. The lowest BCUT2D eigenvalue weighted by atomic mass is 9.79. The largest absolute Gasteiger partial charge is 0.477 e. The average molecular weight is 381 g/mol. The first-order chi connectivity index (χ1) is 12.3. The molecule has 4 aliphatic rings. The molecule has 0 spiro atoms. The summed E-state index contributed by atoms with van der Waals surface area (Å²) in [6.45, 7) is 4.25. The third kappa shape index (κ3) is 2.56. The second-order valence-electron chi connectivity index (χ2n) is 7.64. The van der Waals surface area contributed by atoms with Gasteiger partial charge in [-0.05, 0) is 13.3 Å². The fraction of sp³-hybridized carbons (Fsp3) is 0.706. The van der Waals surface area contributed by atoms with Crippen molar-refractivity contribution in [3.63, 3.8) is 0 Å². The minimum Gasteiger partial charge on any atom is -0.477 e. The number of aliphatic hydroxyl groups excluding tert-OH is 1. The molecule has 4 aliphatic heterocycles. The van der Waals surface area contributed by atoms with Crippen LogP contribution in [0, 0.1) is 11.8 Å². The van der Waals surface area contributed by atoms with Crippen LogP contribution in [-0.2, 0) is 14.4 Å². The molecule has 0 unspecified atom stereocenters. The number of aliphatic carboxylic acids is 1. The summed E-state index contributed by atoms with van der Waals surface area (Å²) < 4.78 is 0. The number of carboxylic acid groups (broad SMARTS) is 1. The van der Waals surface area contributed by atoms with Gasteiger partial charge in [0.15, 0.2) is 0 Å². The molecule has 0 aliphatic carbocycles. The van der Waals surface area contributed by atoms with Crippen LogP contribution in [0.2, 0.25) is 0 Å². The van der Waals surface area contributed by atoms with E-state index in [1.165, 1.54) is 16.7 Å². The number of rotatable bonds is 5. The van der Waals surface area contributed by atoms with Gasteiger partial charge in [-0.2, -0.15) is 0 Å². The van der Waals surface area contributed by atoms with Gasteiger partial charge in [-0.3, -0.25) is 9.59 Å². The van der Waals surface area contributed by atoms with Crippen molar-refractivity contribution in [1.82, 2.24) is 15.5 Å². The number of β-lactam (4-membered cyclic amide) rings is 2. The van der Waals surface area contributed by atoms with Gasteiger partial charge in [-0.15, -0.1) is 11.8 Å². The number of nitrogens with zero attached hydrogens (tertiary/aromatic N) is 1. The highest BCUT2D eigenvalue weighted by Crippen LogP contribution is 2.51. The summed E-state index contributed by atoms with van der Waals surface area (Å²) in [4.78, 5) is 37.4. The van der Waals surface area contributed by atoms with Crippen LogP contribution in [0.15, 0.2) is 10.6 Å². The van der Waals surface area contributed by atoms with Crippen molar-refractivity contribution in [3.8, 4) is 0 Å². The summed E-state index contributed by atoms with van der Waals surface area (Å²) >= 11 is 1.53. The molecule has 0 aromatic heterocycles. The van der Waals surface area contributed by atoms with Crippen LogP contribution in [0.4, 0.5) is 0 Å². The zero-order valence-electron chi connectivity index (χ0n) is 14.6. The Morgan fingerprint density at radius 2 is 2.04 bits per heavy atom. The van der Waals surface area contributed by atoms with Gasteiger partial charge in [0.2, 0.25) is 11.8 Å². The normalized spacial score (nSPS) is 40.0. The Morgan fingerprint density at radius 3 is 2.62 bits per heavy atom. The standard InChI is InChI=1S/C17H23N3O5S/c1-6-13-12(7(2)21)16(23)20(13)14(17(24)25)15(6)26-8-3-9(18-5-8)10-4-11(22)19-10/h6-10,12-13,18,21H,3-5H2,1-2H3,(H,19,22)(H,24,25)/t6-,7-,8+,9+,10+,12-,13-/m1/s1. The number of carbonyl (C=O) groups excluding carboxylic acids is 2. The summed E-state index contributed by atoms with van der Waals surface area (Å²) in [6, 6.07) is 0.0926. The molecule has 3 fully saturated rings. The predicted octanol–water partition coefficient (Wildman–Crippen LogP) is -0.508. The van der Waals surface area contributed by atoms with Gasteiger partial charge < -0.3 is 25.7 Å². The molecule has 0 radical (unpaired) electrons. The number of hydrogen-bond acceptors (Lipinski definition) is 6. The molecule has 3 saturated heterocycles. The van der Waals surface area contributed by atoms with Crippen LogP contribution < -0.4 is 10.6 Å². The molecule has 0 saturated carbocycles. The number of amides is 2. The summed E-state index contributed by atoms with van der Waals surface area (Å²) in [5.41, 5.74) is 0.0785. The SMILES string of the molecule is C[C@@H](O)[C@H]1C(=O)N2C(C(=O)O)=C(S[C@@H]3CN[C@H]([C@@H]4CC(=O)N4)C3)[C@H](C)[C@H]12. The van der Waals surface area contributed by atoms with Crippen LogP contribution in [0.25, 0.3) is 0 Å².